The van der Waals surface area contributed by atoms with E-state index in [2.05, 4.69) is 5.32 Å². The number of piperidine rings is 1. The summed E-state index contributed by atoms with van der Waals surface area (Å²) in [6.45, 7) is -0.247. The normalized spacial score (nSPS) is 21.0. The molecule has 0 aliphatic carbocycles. The van der Waals surface area contributed by atoms with Crippen LogP contribution in [-0.4, -0.2) is 71.2 Å². The Balaban J connectivity index is 2.08. The molecule has 140 valence electrons. The first kappa shape index (κ1) is 19.6. The Labute approximate surface area is 146 Å². The molecule has 1 aromatic rings. The van der Waals surface area contributed by atoms with Crippen molar-refractivity contribution < 1.29 is 29.2 Å². The Morgan fingerprint density at radius 3 is 2.76 bits per heavy atom. The summed E-state index contributed by atoms with van der Waals surface area (Å²) in [7, 11) is 1.48. The highest BCUT2D eigenvalue weighted by Gasteiger charge is 2.42. The minimum atomic E-state index is -1.64. The summed E-state index contributed by atoms with van der Waals surface area (Å²) in [5, 5.41) is 31.6. The molecule has 0 aromatic heterocycles. The molecule has 1 aromatic carbocycles. The van der Waals surface area contributed by atoms with E-state index >= 15 is 0 Å². The first-order valence-corrected chi connectivity index (χ1v) is 8.23. The number of aliphatic hydroxyl groups is 3. The molecular weight excluding hydrogens is 331 g/mol. The number of halogens is 1. The summed E-state index contributed by atoms with van der Waals surface area (Å²) in [5.41, 5.74) is -1.33. The third-order valence-electron chi connectivity index (χ3n) is 4.44. The zero-order valence-corrected chi connectivity index (χ0v) is 14.2. The number of nitrogens with one attached hydrogen (secondary N) is 1. The molecule has 1 heterocycles. The Kier molecular flexibility index (Phi) is 6.71. The fourth-order valence-electron chi connectivity index (χ4n) is 2.88. The molecule has 1 aliphatic rings. The first-order chi connectivity index (χ1) is 11.9. The van der Waals surface area contributed by atoms with Crippen molar-refractivity contribution in [3.05, 3.63) is 29.6 Å². The fourth-order valence-corrected chi connectivity index (χ4v) is 2.88. The van der Waals surface area contributed by atoms with Gasteiger partial charge in [0.15, 0.2) is 5.60 Å². The highest BCUT2D eigenvalue weighted by atomic mass is 19.1. The molecule has 25 heavy (non-hydrogen) atoms. The first-order valence-electron chi connectivity index (χ1n) is 8.23. The van der Waals surface area contributed by atoms with E-state index < -0.39 is 23.4 Å². The van der Waals surface area contributed by atoms with Gasteiger partial charge >= 0.3 is 0 Å². The molecule has 0 unspecified atom stereocenters. The molecule has 7 nitrogen and oxygen atoms in total. The third kappa shape index (κ3) is 4.66. The molecule has 4 N–H and O–H groups in total. The van der Waals surface area contributed by atoms with Crippen LogP contribution in [0.25, 0.3) is 0 Å². The fraction of sp³-hybridized carbons (Fsp3) is 0.588. The average Bonchev–Trinajstić information content (AvgIpc) is 2.62. The lowest BCUT2D eigenvalue weighted by Gasteiger charge is -2.39. The van der Waals surface area contributed by atoms with Crippen LogP contribution in [0, 0.1) is 5.82 Å². The van der Waals surface area contributed by atoms with E-state index in [1.165, 1.54) is 30.2 Å². The second-order valence-electron chi connectivity index (χ2n) is 6.26. The lowest BCUT2D eigenvalue weighted by atomic mass is 9.91. The number of methoxy groups -OCH3 is 1. The number of ether oxygens (including phenoxy) is 1. The molecular formula is C17H25FN2O5. The van der Waals surface area contributed by atoms with Crippen LogP contribution in [0.1, 0.15) is 18.4 Å². The molecule has 0 spiro atoms. The SMILES string of the molecule is COc1ccc(F)c(CN2CCC[C@@](O)(CNC(CO)CO)C2=O)c1. The van der Waals surface area contributed by atoms with Crippen molar-refractivity contribution in [3.63, 3.8) is 0 Å². The minimum Gasteiger partial charge on any atom is -0.497 e. The maximum absolute atomic E-state index is 14.0. The van der Waals surface area contributed by atoms with Gasteiger partial charge in [-0.1, -0.05) is 0 Å². The topological polar surface area (TPSA) is 102 Å². The second kappa shape index (κ2) is 8.57. The molecule has 1 amide bonds. The minimum absolute atomic E-state index is 0.0353. The summed E-state index contributed by atoms with van der Waals surface area (Å²) in [6.07, 6.45) is 0.831. The van der Waals surface area contributed by atoms with E-state index in [-0.39, 0.29) is 32.7 Å². The molecule has 1 atom stereocenters. The number of benzene rings is 1. The van der Waals surface area contributed by atoms with Crippen molar-refractivity contribution in [2.24, 2.45) is 0 Å². The molecule has 8 heteroatoms. The molecule has 1 fully saturated rings. The van der Waals surface area contributed by atoms with Gasteiger partial charge < -0.3 is 30.3 Å². The van der Waals surface area contributed by atoms with Crippen LogP contribution < -0.4 is 10.1 Å². The predicted octanol–water partition coefficient (Wildman–Crippen LogP) is -0.369. The van der Waals surface area contributed by atoms with E-state index in [1.807, 2.05) is 0 Å². The standard InChI is InChI=1S/C17H25FN2O5/c1-25-14-3-4-15(18)12(7-14)8-20-6-2-5-17(24,16(20)23)11-19-13(9-21)10-22/h3-4,7,13,19,21-22,24H,2,5-6,8-11H2,1H3/t17-/m1/s1. The zero-order valence-electron chi connectivity index (χ0n) is 14.2. The highest BCUT2D eigenvalue weighted by Crippen LogP contribution is 2.25. The largest absolute Gasteiger partial charge is 0.497 e. The van der Waals surface area contributed by atoms with Crippen LogP contribution >= 0.6 is 0 Å². The van der Waals surface area contributed by atoms with Gasteiger partial charge in [-0.25, -0.2) is 4.39 Å². The van der Waals surface area contributed by atoms with Gasteiger partial charge in [0.05, 0.1) is 26.4 Å². The maximum Gasteiger partial charge on any atom is 0.256 e. The number of rotatable bonds is 8. The number of hydrogen-bond acceptors (Lipinski definition) is 6. The zero-order chi connectivity index (χ0) is 18.4. The van der Waals surface area contributed by atoms with Gasteiger partial charge in [0.1, 0.15) is 11.6 Å². The highest BCUT2D eigenvalue weighted by molar-refractivity contribution is 5.86. The van der Waals surface area contributed by atoms with Crippen LogP contribution in [0.2, 0.25) is 0 Å². The molecule has 1 saturated heterocycles. The van der Waals surface area contributed by atoms with E-state index in [0.717, 1.165) is 0 Å². The number of likely N-dealkylation sites (tertiary alicyclic amines) is 1. The van der Waals surface area contributed by atoms with Gasteiger partial charge in [-0.05, 0) is 31.0 Å². The van der Waals surface area contributed by atoms with Crippen molar-refractivity contribution in [1.29, 1.82) is 0 Å². The molecule has 0 bridgehead atoms. The summed E-state index contributed by atoms with van der Waals surface area (Å²) in [4.78, 5) is 14.1. The third-order valence-corrected chi connectivity index (χ3v) is 4.44. The van der Waals surface area contributed by atoms with Crippen LogP contribution in [0.4, 0.5) is 4.39 Å². The van der Waals surface area contributed by atoms with Gasteiger partial charge in [0, 0.05) is 25.2 Å². The number of aliphatic hydroxyl groups excluding tert-OH is 2. The molecule has 0 radical (unpaired) electrons. The van der Waals surface area contributed by atoms with Gasteiger partial charge in [-0.3, -0.25) is 4.79 Å². The summed E-state index contributed by atoms with van der Waals surface area (Å²) >= 11 is 0. The van der Waals surface area contributed by atoms with Crippen molar-refractivity contribution in [2.45, 2.75) is 31.0 Å². The van der Waals surface area contributed by atoms with Crippen LogP contribution in [0.5, 0.6) is 5.75 Å². The predicted molar refractivity (Wildman–Crippen MR) is 88.5 cm³/mol. The van der Waals surface area contributed by atoms with Gasteiger partial charge in [0.2, 0.25) is 0 Å². The Morgan fingerprint density at radius 2 is 2.12 bits per heavy atom. The van der Waals surface area contributed by atoms with Crippen molar-refractivity contribution in [1.82, 2.24) is 10.2 Å². The van der Waals surface area contributed by atoms with E-state index in [1.54, 1.807) is 0 Å². The van der Waals surface area contributed by atoms with E-state index in [0.29, 0.717) is 24.3 Å². The monoisotopic (exact) mass is 356 g/mol. The maximum atomic E-state index is 14.0. The van der Waals surface area contributed by atoms with Crippen molar-refractivity contribution in [2.75, 3.05) is 33.4 Å². The quantitative estimate of drug-likeness (QED) is 0.507. The number of amides is 1. The van der Waals surface area contributed by atoms with Gasteiger partial charge in [-0.2, -0.15) is 0 Å². The summed E-state index contributed by atoms with van der Waals surface area (Å²) < 4.78 is 19.1. The van der Waals surface area contributed by atoms with E-state index in [9.17, 15) is 14.3 Å². The van der Waals surface area contributed by atoms with Crippen molar-refractivity contribution in [3.8, 4) is 5.75 Å². The molecule has 0 saturated carbocycles. The Hall–Kier alpha value is -1.74. The smallest absolute Gasteiger partial charge is 0.256 e. The number of carbonyl (C=O) groups is 1. The molecule has 2 rings (SSSR count). The second-order valence-corrected chi connectivity index (χ2v) is 6.26. The average molecular weight is 356 g/mol. The lowest BCUT2D eigenvalue weighted by molar-refractivity contribution is -0.157. The van der Waals surface area contributed by atoms with Crippen LogP contribution in [0.3, 0.4) is 0 Å². The number of carbonyl (C=O) groups excluding carboxylic acids is 1. The Morgan fingerprint density at radius 1 is 1.40 bits per heavy atom. The van der Waals surface area contributed by atoms with Gasteiger partial charge in [0.25, 0.3) is 5.91 Å². The van der Waals surface area contributed by atoms with Crippen LogP contribution in [0.15, 0.2) is 18.2 Å². The lowest BCUT2D eigenvalue weighted by Crippen LogP contribution is -2.59. The summed E-state index contributed by atoms with van der Waals surface area (Å²) in [5.74, 6) is -0.448. The molecule has 1 aliphatic heterocycles. The van der Waals surface area contributed by atoms with Crippen molar-refractivity contribution >= 4 is 5.91 Å². The van der Waals surface area contributed by atoms with Crippen LogP contribution in [-0.2, 0) is 11.3 Å². The number of hydrogen-bond donors (Lipinski definition) is 4. The number of nitrogens with zero attached hydrogens (tertiary/aromatic N) is 1. The Bertz CT molecular complexity index is 596. The summed E-state index contributed by atoms with van der Waals surface area (Å²) in [6, 6.07) is 3.70. The van der Waals surface area contributed by atoms with Gasteiger partial charge in [-0.15, -0.1) is 0 Å². The van der Waals surface area contributed by atoms with E-state index in [4.69, 9.17) is 14.9 Å².